The lowest BCUT2D eigenvalue weighted by atomic mass is 9.97. The molecule has 11 heteroatoms. The van der Waals surface area contributed by atoms with Crippen LogP contribution in [-0.4, -0.2) is 71.2 Å². The summed E-state index contributed by atoms with van der Waals surface area (Å²) in [6, 6.07) is 0. The summed E-state index contributed by atoms with van der Waals surface area (Å²) in [5.74, 6) is 1.99. The number of H-pyrrole nitrogens is 1. The maximum atomic E-state index is 12.6. The van der Waals surface area contributed by atoms with Gasteiger partial charge < -0.3 is 9.88 Å². The molecule has 0 unspecified atom stereocenters. The molecule has 0 radical (unpaired) electrons. The van der Waals surface area contributed by atoms with Crippen LogP contribution < -0.4 is 5.56 Å². The number of sulfonamides is 1. The van der Waals surface area contributed by atoms with E-state index in [0.717, 1.165) is 29.5 Å². The van der Waals surface area contributed by atoms with Gasteiger partial charge in [-0.25, -0.2) is 13.4 Å². The van der Waals surface area contributed by atoms with Crippen LogP contribution in [0.15, 0.2) is 4.79 Å². The first-order valence-electron chi connectivity index (χ1n) is 10.8. The highest BCUT2D eigenvalue weighted by Gasteiger charge is 2.27. The largest absolute Gasteiger partial charge is 0.340 e. The first-order valence-corrected chi connectivity index (χ1v) is 14.3. The second-order valence-corrected chi connectivity index (χ2v) is 12.3. The molecule has 8 nitrogen and oxygen atoms in total. The molecule has 1 N–H and O–H groups in total. The van der Waals surface area contributed by atoms with Gasteiger partial charge >= 0.3 is 0 Å². The number of rotatable bonds is 7. The Labute approximate surface area is 190 Å². The van der Waals surface area contributed by atoms with Gasteiger partial charge in [-0.1, -0.05) is 0 Å². The second kappa shape index (κ2) is 9.60. The zero-order valence-electron chi connectivity index (χ0n) is 17.7. The molecule has 0 spiro atoms. The first-order chi connectivity index (χ1) is 14.9. The molecular formula is C20H28N4O4S3. The van der Waals surface area contributed by atoms with Crippen LogP contribution in [0.5, 0.6) is 0 Å². The van der Waals surface area contributed by atoms with Crippen molar-refractivity contribution in [3.8, 4) is 0 Å². The van der Waals surface area contributed by atoms with E-state index in [-0.39, 0.29) is 17.2 Å². The number of hydrogen-bond donors (Lipinski definition) is 1. The maximum Gasteiger partial charge on any atom is 0.259 e. The summed E-state index contributed by atoms with van der Waals surface area (Å²) < 4.78 is 25.3. The zero-order chi connectivity index (χ0) is 22.0. The number of hydrogen-bond acceptors (Lipinski definition) is 7. The lowest BCUT2D eigenvalue weighted by Crippen LogP contribution is -2.50. The molecule has 0 bridgehead atoms. The van der Waals surface area contributed by atoms with E-state index in [9.17, 15) is 18.0 Å². The maximum absolute atomic E-state index is 12.6. The number of nitrogens with one attached hydrogen (secondary N) is 1. The van der Waals surface area contributed by atoms with Crippen molar-refractivity contribution in [1.82, 2.24) is 19.2 Å². The highest BCUT2D eigenvalue weighted by atomic mass is 32.2. The Bertz CT molecular complexity index is 1120. The van der Waals surface area contributed by atoms with Crippen molar-refractivity contribution in [2.24, 2.45) is 0 Å². The average Bonchev–Trinajstić information content (AvgIpc) is 3.15. The third-order valence-corrected chi connectivity index (χ3v) is 9.96. The molecule has 2 aromatic rings. The SMILES string of the molecule is CCS(=O)(=O)N1CCN(C(=O)CCSCc2nc3sc4c(c3c(=O)[nH]2)CCCC4)CC1. The zero-order valence-corrected chi connectivity index (χ0v) is 20.1. The van der Waals surface area contributed by atoms with Gasteiger partial charge in [0.15, 0.2) is 0 Å². The van der Waals surface area contributed by atoms with Crippen molar-refractivity contribution < 1.29 is 13.2 Å². The van der Waals surface area contributed by atoms with E-state index in [0.29, 0.717) is 49.9 Å². The minimum atomic E-state index is -3.19. The van der Waals surface area contributed by atoms with Crippen molar-refractivity contribution in [1.29, 1.82) is 0 Å². The normalized spacial score (nSPS) is 17.8. The van der Waals surface area contributed by atoms with Gasteiger partial charge in [0.2, 0.25) is 15.9 Å². The quantitative estimate of drug-likeness (QED) is 0.603. The molecule has 0 aromatic carbocycles. The summed E-state index contributed by atoms with van der Waals surface area (Å²) in [5.41, 5.74) is 1.15. The Hall–Kier alpha value is -1.43. The smallest absolute Gasteiger partial charge is 0.259 e. The van der Waals surface area contributed by atoms with Crippen molar-refractivity contribution in [2.45, 2.75) is 44.8 Å². The van der Waals surface area contributed by atoms with E-state index >= 15 is 0 Å². The van der Waals surface area contributed by atoms with E-state index < -0.39 is 10.0 Å². The predicted octanol–water partition coefficient (Wildman–Crippen LogP) is 1.98. The Morgan fingerprint density at radius 3 is 2.68 bits per heavy atom. The minimum absolute atomic E-state index is 0.0453. The number of amides is 1. The predicted molar refractivity (Wildman–Crippen MR) is 125 cm³/mol. The number of fused-ring (bicyclic) bond motifs is 3. The van der Waals surface area contributed by atoms with Crippen molar-refractivity contribution >= 4 is 49.2 Å². The van der Waals surface area contributed by atoms with Crippen LogP contribution in [0.2, 0.25) is 0 Å². The number of thiophene rings is 1. The topological polar surface area (TPSA) is 103 Å². The van der Waals surface area contributed by atoms with Crippen LogP contribution in [0.4, 0.5) is 0 Å². The Balaban J connectivity index is 1.27. The van der Waals surface area contributed by atoms with Gasteiger partial charge in [-0.05, 0) is 38.2 Å². The van der Waals surface area contributed by atoms with E-state index in [1.807, 2.05) is 0 Å². The molecule has 1 aliphatic heterocycles. The molecule has 0 saturated carbocycles. The Morgan fingerprint density at radius 1 is 1.19 bits per heavy atom. The number of aromatic nitrogens is 2. The van der Waals surface area contributed by atoms with Crippen LogP contribution in [-0.2, 0) is 33.4 Å². The second-order valence-electron chi connectivity index (χ2n) is 7.89. The molecule has 3 heterocycles. The van der Waals surface area contributed by atoms with E-state index in [1.54, 1.807) is 34.9 Å². The number of aromatic amines is 1. The van der Waals surface area contributed by atoms with Gasteiger partial charge in [-0.15, -0.1) is 11.3 Å². The fourth-order valence-electron chi connectivity index (χ4n) is 4.16. The molecule has 0 atom stereocenters. The molecule has 31 heavy (non-hydrogen) atoms. The lowest BCUT2D eigenvalue weighted by molar-refractivity contribution is -0.131. The number of nitrogens with zero attached hydrogens (tertiary/aromatic N) is 3. The first kappa shape index (κ1) is 22.8. The molecule has 2 aromatic heterocycles. The minimum Gasteiger partial charge on any atom is -0.340 e. The monoisotopic (exact) mass is 484 g/mol. The molecule has 1 fully saturated rings. The summed E-state index contributed by atoms with van der Waals surface area (Å²) in [7, 11) is -3.19. The van der Waals surface area contributed by atoms with Crippen LogP contribution in [0, 0.1) is 0 Å². The third-order valence-electron chi connectivity index (χ3n) is 5.92. The van der Waals surface area contributed by atoms with Gasteiger partial charge in [0.25, 0.3) is 5.56 Å². The van der Waals surface area contributed by atoms with Gasteiger partial charge in [-0.3, -0.25) is 9.59 Å². The summed E-state index contributed by atoms with van der Waals surface area (Å²) in [4.78, 5) is 36.5. The third kappa shape index (κ3) is 4.99. The molecule has 1 saturated heterocycles. The fourth-order valence-corrected chi connectivity index (χ4v) is 7.32. The Morgan fingerprint density at radius 2 is 1.94 bits per heavy atom. The van der Waals surface area contributed by atoms with Crippen molar-refractivity contribution in [3.63, 3.8) is 0 Å². The van der Waals surface area contributed by atoms with Crippen LogP contribution >= 0.6 is 23.1 Å². The summed E-state index contributed by atoms with van der Waals surface area (Å²) in [6.45, 7) is 3.25. The number of thioether (sulfide) groups is 1. The number of aryl methyl sites for hydroxylation is 2. The Kier molecular flexibility index (Phi) is 7.04. The summed E-state index contributed by atoms with van der Waals surface area (Å²) >= 11 is 3.22. The van der Waals surface area contributed by atoms with E-state index in [1.165, 1.54) is 21.2 Å². The summed E-state index contributed by atoms with van der Waals surface area (Å²) in [6.07, 6.45) is 4.71. The lowest BCUT2D eigenvalue weighted by Gasteiger charge is -2.33. The fraction of sp³-hybridized carbons (Fsp3) is 0.650. The number of piperazine rings is 1. The van der Waals surface area contributed by atoms with Crippen LogP contribution in [0.25, 0.3) is 10.2 Å². The molecule has 4 rings (SSSR count). The van der Waals surface area contributed by atoms with Crippen molar-refractivity contribution in [3.05, 3.63) is 26.6 Å². The summed E-state index contributed by atoms with van der Waals surface area (Å²) in [5, 5.41) is 0.771. The van der Waals surface area contributed by atoms with Gasteiger partial charge in [0, 0.05) is 43.2 Å². The van der Waals surface area contributed by atoms with Gasteiger partial charge in [0.1, 0.15) is 10.7 Å². The molecule has 2 aliphatic rings. The average molecular weight is 485 g/mol. The molecule has 1 amide bonds. The number of carbonyl (C=O) groups excluding carboxylic acids is 1. The van der Waals surface area contributed by atoms with E-state index in [4.69, 9.17) is 0 Å². The van der Waals surface area contributed by atoms with E-state index in [2.05, 4.69) is 9.97 Å². The molecular weight excluding hydrogens is 456 g/mol. The van der Waals surface area contributed by atoms with Gasteiger partial charge in [0.05, 0.1) is 16.9 Å². The highest BCUT2D eigenvalue weighted by molar-refractivity contribution is 7.98. The highest BCUT2D eigenvalue weighted by Crippen LogP contribution is 2.33. The molecule has 1 aliphatic carbocycles. The number of carbonyl (C=O) groups is 1. The van der Waals surface area contributed by atoms with Crippen LogP contribution in [0.3, 0.4) is 0 Å². The standard InChI is InChI=1S/C20H28N4O4S3/c1-2-31(27,28)24-10-8-23(9-11-24)17(25)7-12-29-13-16-21-19(26)18-14-5-3-4-6-15(14)30-20(18)22-16/h2-13H2,1H3,(H,21,22,26). The van der Waals surface area contributed by atoms with Crippen LogP contribution in [0.1, 0.15) is 42.5 Å². The van der Waals surface area contributed by atoms with Crippen molar-refractivity contribution in [2.75, 3.05) is 37.7 Å². The van der Waals surface area contributed by atoms with Gasteiger partial charge in [-0.2, -0.15) is 16.1 Å². The molecule has 170 valence electrons.